The minimum Gasteiger partial charge on any atom is -0.383 e. The maximum Gasteiger partial charge on any atom is 0.225 e. The minimum atomic E-state index is 0.719. The fraction of sp³-hybridized carbons (Fsp3) is 0.692. The van der Waals surface area contributed by atoms with E-state index in [1.54, 1.807) is 7.11 Å². The molecule has 0 aromatic carbocycles. The molecule has 0 amide bonds. The number of piperazine rings is 1. The molecular formula is C13H23N5O. The summed E-state index contributed by atoms with van der Waals surface area (Å²) in [6.07, 6.45) is 1.84. The zero-order valence-corrected chi connectivity index (χ0v) is 11.8. The van der Waals surface area contributed by atoms with E-state index in [2.05, 4.69) is 32.1 Å². The van der Waals surface area contributed by atoms with Crippen molar-refractivity contribution < 1.29 is 4.74 Å². The molecule has 106 valence electrons. The van der Waals surface area contributed by atoms with Crippen LogP contribution >= 0.6 is 0 Å². The van der Waals surface area contributed by atoms with Crippen LogP contribution in [0.2, 0.25) is 0 Å². The molecule has 0 saturated carbocycles. The Hall–Kier alpha value is -1.24. The number of nitrogens with one attached hydrogen (secondary N) is 1. The molecule has 1 aliphatic heterocycles. The monoisotopic (exact) mass is 265 g/mol. The van der Waals surface area contributed by atoms with Gasteiger partial charge in [0.25, 0.3) is 0 Å². The molecule has 0 aliphatic carbocycles. The summed E-state index contributed by atoms with van der Waals surface area (Å²) in [5.74, 6) is 0.846. The number of rotatable bonds is 6. The number of hydrogen-bond acceptors (Lipinski definition) is 6. The van der Waals surface area contributed by atoms with E-state index in [1.807, 2.05) is 12.3 Å². The van der Waals surface area contributed by atoms with E-state index in [0.717, 1.165) is 57.5 Å². The van der Waals surface area contributed by atoms with Crippen LogP contribution in [0.15, 0.2) is 12.3 Å². The van der Waals surface area contributed by atoms with Gasteiger partial charge in [-0.3, -0.25) is 0 Å². The highest BCUT2D eigenvalue weighted by molar-refractivity contribution is 5.31. The summed E-state index contributed by atoms with van der Waals surface area (Å²) in [5, 5.41) is 3.30. The Labute approximate surface area is 114 Å². The van der Waals surface area contributed by atoms with Crippen LogP contribution in [0.4, 0.5) is 5.95 Å². The first-order valence-corrected chi connectivity index (χ1v) is 6.74. The predicted molar refractivity (Wildman–Crippen MR) is 75.3 cm³/mol. The summed E-state index contributed by atoms with van der Waals surface area (Å²) in [7, 11) is 3.85. The lowest BCUT2D eigenvalue weighted by molar-refractivity contribution is 0.199. The molecule has 0 bridgehead atoms. The molecule has 6 heteroatoms. The Morgan fingerprint density at radius 2 is 2.11 bits per heavy atom. The molecule has 1 fully saturated rings. The molecular weight excluding hydrogens is 242 g/mol. The minimum absolute atomic E-state index is 0.719. The Bertz CT molecular complexity index is 379. The SMILES string of the molecule is COCCNCc1ccnc(N2CCN(C)CC2)n1. The summed E-state index contributed by atoms with van der Waals surface area (Å²) in [4.78, 5) is 13.6. The predicted octanol–water partition coefficient (Wildman–Crippen LogP) is -0.0356. The van der Waals surface area contributed by atoms with Crippen LogP contribution in [0.3, 0.4) is 0 Å². The summed E-state index contributed by atoms with van der Waals surface area (Å²) in [6, 6.07) is 1.96. The van der Waals surface area contributed by atoms with Crippen LogP contribution < -0.4 is 10.2 Å². The number of methoxy groups -OCH3 is 1. The molecule has 1 aromatic heterocycles. The van der Waals surface area contributed by atoms with Gasteiger partial charge in [-0.25, -0.2) is 9.97 Å². The zero-order chi connectivity index (χ0) is 13.5. The zero-order valence-electron chi connectivity index (χ0n) is 11.8. The molecule has 2 rings (SSSR count). The third kappa shape index (κ3) is 4.41. The van der Waals surface area contributed by atoms with Gasteiger partial charge in [-0.1, -0.05) is 0 Å². The lowest BCUT2D eigenvalue weighted by atomic mass is 10.3. The van der Waals surface area contributed by atoms with Gasteiger partial charge in [-0.15, -0.1) is 0 Å². The van der Waals surface area contributed by atoms with Crippen LogP contribution in [0.25, 0.3) is 0 Å². The van der Waals surface area contributed by atoms with Gasteiger partial charge in [0, 0.05) is 52.6 Å². The molecule has 19 heavy (non-hydrogen) atoms. The third-order valence-corrected chi connectivity index (χ3v) is 3.28. The molecule has 1 aromatic rings. The third-order valence-electron chi connectivity index (χ3n) is 3.28. The van der Waals surface area contributed by atoms with Gasteiger partial charge in [0.1, 0.15) is 0 Å². The van der Waals surface area contributed by atoms with Crippen LogP contribution in [-0.4, -0.2) is 68.4 Å². The van der Waals surface area contributed by atoms with Gasteiger partial charge >= 0.3 is 0 Å². The number of likely N-dealkylation sites (N-methyl/N-ethyl adjacent to an activating group) is 1. The van der Waals surface area contributed by atoms with Gasteiger partial charge in [-0.05, 0) is 13.1 Å². The second-order valence-corrected chi connectivity index (χ2v) is 4.81. The second-order valence-electron chi connectivity index (χ2n) is 4.81. The summed E-state index contributed by atoms with van der Waals surface area (Å²) in [6.45, 7) is 6.45. The summed E-state index contributed by atoms with van der Waals surface area (Å²) >= 11 is 0. The molecule has 0 radical (unpaired) electrons. The maximum absolute atomic E-state index is 5.00. The highest BCUT2D eigenvalue weighted by Gasteiger charge is 2.16. The first-order chi connectivity index (χ1) is 9.29. The Morgan fingerprint density at radius 3 is 2.84 bits per heavy atom. The van der Waals surface area contributed by atoms with E-state index in [0.29, 0.717) is 0 Å². The van der Waals surface area contributed by atoms with E-state index in [-0.39, 0.29) is 0 Å². The fourth-order valence-electron chi connectivity index (χ4n) is 2.03. The smallest absolute Gasteiger partial charge is 0.225 e. The van der Waals surface area contributed by atoms with Crippen molar-refractivity contribution in [2.24, 2.45) is 0 Å². The first-order valence-electron chi connectivity index (χ1n) is 6.74. The van der Waals surface area contributed by atoms with Crippen LogP contribution in [0.1, 0.15) is 5.69 Å². The van der Waals surface area contributed by atoms with Gasteiger partial charge in [0.2, 0.25) is 5.95 Å². The number of anilines is 1. The highest BCUT2D eigenvalue weighted by Crippen LogP contribution is 2.10. The quantitative estimate of drug-likeness (QED) is 0.729. The van der Waals surface area contributed by atoms with Gasteiger partial charge in [-0.2, -0.15) is 0 Å². The van der Waals surface area contributed by atoms with Crippen molar-refractivity contribution in [2.75, 3.05) is 58.4 Å². The lowest BCUT2D eigenvalue weighted by Gasteiger charge is -2.32. The fourth-order valence-corrected chi connectivity index (χ4v) is 2.03. The Kier molecular flexibility index (Phi) is 5.50. The normalized spacial score (nSPS) is 16.8. The van der Waals surface area contributed by atoms with E-state index in [4.69, 9.17) is 4.74 Å². The molecule has 6 nitrogen and oxygen atoms in total. The van der Waals surface area contributed by atoms with Crippen molar-refractivity contribution in [3.8, 4) is 0 Å². The van der Waals surface area contributed by atoms with Gasteiger partial charge in [0.05, 0.1) is 12.3 Å². The van der Waals surface area contributed by atoms with Crippen molar-refractivity contribution in [3.63, 3.8) is 0 Å². The second kappa shape index (κ2) is 7.37. The summed E-state index contributed by atoms with van der Waals surface area (Å²) < 4.78 is 5.00. The van der Waals surface area contributed by atoms with E-state index in [1.165, 1.54) is 0 Å². The molecule has 0 spiro atoms. The number of nitrogens with zero attached hydrogens (tertiary/aromatic N) is 4. The summed E-state index contributed by atoms with van der Waals surface area (Å²) in [5.41, 5.74) is 1.03. The first kappa shape index (κ1) is 14.2. The number of aromatic nitrogens is 2. The largest absolute Gasteiger partial charge is 0.383 e. The Morgan fingerprint density at radius 1 is 1.32 bits per heavy atom. The highest BCUT2D eigenvalue weighted by atomic mass is 16.5. The molecule has 2 heterocycles. The van der Waals surface area contributed by atoms with Crippen molar-refractivity contribution in [3.05, 3.63) is 18.0 Å². The van der Waals surface area contributed by atoms with Crippen LogP contribution in [-0.2, 0) is 11.3 Å². The van der Waals surface area contributed by atoms with Crippen LogP contribution in [0.5, 0.6) is 0 Å². The average molecular weight is 265 g/mol. The topological polar surface area (TPSA) is 53.5 Å². The molecule has 0 unspecified atom stereocenters. The van der Waals surface area contributed by atoms with Gasteiger partial charge in [0.15, 0.2) is 0 Å². The van der Waals surface area contributed by atoms with Crippen molar-refractivity contribution in [2.45, 2.75) is 6.54 Å². The number of hydrogen-bond donors (Lipinski definition) is 1. The number of ether oxygens (including phenoxy) is 1. The van der Waals surface area contributed by atoms with Crippen LogP contribution in [0, 0.1) is 0 Å². The average Bonchev–Trinajstić information content (AvgIpc) is 2.45. The van der Waals surface area contributed by atoms with Crippen molar-refractivity contribution in [1.82, 2.24) is 20.2 Å². The maximum atomic E-state index is 5.00. The van der Waals surface area contributed by atoms with E-state index in [9.17, 15) is 0 Å². The van der Waals surface area contributed by atoms with Crippen molar-refractivity contribution >= 4 is 5.95 Å². The van der Waals surface area contributed by atoms with Crippen molar-refractivity contribution in [1.29, 1.82) is 0 Å². The Balaban J connectivity index is 1.87. The molecule has 1 aliphatic rings. The molecule has 0 atom stereocenters. The molecule has 1 N–H and O–H groups in total. The molecule has 1 saturated heterocycles. The van der Waals surface area contributed by atoms with E-state index < -0.39 is 0 Å². The standard InChI is InChI=1S/C13H23N5O/c1-17-6-8-18(9-7-17)13-15-4-3-12(16-13)11-14-5-10-19-2/h3-4,14H,5-11H2,1-2H3. The van der Waals surface area contributed by atoms with Gasteiger partial charge < -0.3 is 19.9 Å². The lowest BCUT2D eigenvalue weighted by Crippen LogP contribution is -2.45. The van der Waals surface area contributed by atoms with E-state index >= 15 is 0 Å².